The van der Waals surface area contributed by atoms with Crippen molar-refractivity contribution in [2.45, 2.75) is 18.4 Å². The molecule has 0 aromatic carbocycles. The number of rotatable bonds is 4. The molecule has 0 spiro atoms. The van der Waals surface area contributed by atoms with Crippen molar-refractivity contribution >= 4 is 11.8 Å². The van der Waals surface area contributed by atoms with E-state index in [-0.39, 0.29) is 5.56 Å². The highest BCUT2D eigenvalue weighted by molar-refractivity contribution is 5.87. The Morgan fingerprint density at radius 1 is 1.44 bits per heavy atom. The topological polar surface area (TPSA) is 91.7 Å². The van der Waals surface area contributed by atoms with Crippen molar-refractivity contribution in [3.05, 3.63) is 23.9 Å². The van der Waals surface area contributed by atoms with Crippen LogP contribution in [0.5, 0.6) is 0 Å². The standard InChI is InChI=1S/C12H16N2O4/c15-11(16)9-1-2-10(13-7-9)14-8-12(17)3-5-18-6-4-12/h1-2,7,17H,3-6,8H2,(H,13,14)(H,15,16). The molecule has 0 saturated carbocycles. The molecule has 1 saturated heterocycles. The summed E-state index contributed by atoms with van der Waals surface area (Å²) in [7, 11) is 0. The lowest BCUT2D eigenvalue weighted by Crippen LogP contribution is -2.42. The van der Waals surface area contributed by atoms with Crippen LogP contribution in [-0.2, 0) is 4.74 Å². The molecule has 18 heavy (non-hydrogen) atoms. The molecule has 6 heteroatoms. The van der Waals surface area contributed by atoms with Gasteiger partial charge in [-0.3, -0.25) is 0 Å². The van der Waals surface area contributed by atoms with Crippen molar-refractivity contribution in [2.75, 3.05) is 25.1 Å². The lowest BCUT2D eigenvalue weighted by atomic mass is 9.94. The van der Waals surface area contributed by atoms with E-state index in [9.17, 15) is 9.90 Å². The van der Waals surface area contributed by atoms with Crippen molar-refractivity contribution in [3.63, 3.8) is 0 Å². The molecule has 1 aromatic rings. The van der Waals surface area contributed by atoms with Gasteiger partial charge in [0.1, 0.15) is 5.82 Å². The van der Waals surface area contributed by atoms with Gasteiger partial charge in [-0.05, 0) is 12.1 Å². The molecule has 1 aliphatic rings. The number of carboxylic acid groups (broad SMARTS) is 1. The molecule has 2 heterocycles. The van der Waals surface area contributed by atoms with Crippen molar-refractivity contribution < 1.29 is 19.7 Å². The van der Waals surface area contributed by atoms with Gasteiger partial charge in [-0.2, -0.15) is 0 Å². The molecule has 0 atom stereocenters. The molecule has 2 rings (SSSR count). The predicted octanol–water partition coefficient (Wildman–Crippen LogP) is 0.733. The molecule has 0 aliphatic carbocycles. The number of aliphatic hydroxyl groups is 1. The number of nitrogens with zero attached hydrogens (tertiary/aromatic N) is 1. The monoisotopic (exact) mass is 252 g/mol. The number of carbonyl (C=O) groups is 1. The van der Waals surface area contributed by atoms with Crippen LogP contribution in [0.15, 0.2) is 18.3 Å². The Morgan fingerprint density at radius 3 is 2.72 bits per heavy atom. The fourth-order valence-corrected chi connectivity index (χ4v) is 1.81. The van der Waals surface area contributed by atoms with Gasteiger partial charge in [-0.1, -0.05) is 0 Å². The Kier molecular flexibility index (Phi) is 3.78. The minimum Gasteiger partial charge on any atom is -0.478 e. The van der Waals surface area contributed by atoms with E-state index >= 15 is 0 Å². The van der Waals surface area contributed by atoms with Gasteiger partial charge in [0.25, 0.3) is 0 Å². The van der Waals surface area contributed by atoms with Crippen LogP contribution in [0.2, 0.25) is 0 Å². The average Bonchev–Trinajstić information content (AvgIpc) is 2.38. The number of hydrogen-bond acceptors (Lipinski definition) is 5. The number of anilines is 1. The summed E-state index contributed by atoms with van der Waals surface area (Å²) >= 11 is 0. The van der Waals surface area contributed by atoms with Crippen molar-refractivity contribution in [2.24, 2.45) is 0 Å². The van der Waals surface area contributed by atoms with Crippen LogP contribution in [0.1, 0.15) is 23.2 Å². The van der Waals surface area contributed by atoms with Crippen LogP contribution >= 0.6 is 0 Å². The van der Waals surface area contributed by atoms with E-state index in [1.807, 2.05) is 0 Å². The van der Waals surface area contributed by atoms with Crippen LogP contribution in [0.3, 0.4) is 0 Å². The van der Waals surface area contributed by atoms with E-state index in [0.29, 0.717) is 38.4 Å². The third-order valence-electron chi connectivity index (χ3n) is 3.03. The third-order valence-corrected chi connectivity index (χ3v) is 3.03. The quantitative estimate of drug-likeness (QED) is 0.731. The lowest BCUT2D eigenvalue weighted by molar-refractivity contribution is -0.0543. The molecule has 0 amide bonds. The van der Waals surface area contributed by atoms with Gasteiger partial charge in [0, 0.05) is 38.8 Å². The van der Waals surface area contributed by atoms with Crippen LogP contribution in [0.25, 0.3) is 0 Å². The molecular formula is C12H16N2O4. The molecule has 1 aliphatic heterocycles. The summed E-state index contributed by atoms with van der Waals surface area (Å²) in [5, 5.41) is 22.0. The Morgan fingerprint density at radius 2 is 2.17 bits per heavy atom. The van der Waals surface area contributed by atoms with Crippen molar-refractivity contribution in [1.82, 2.24) is 4.98 Å². The highest BCUT2D eigenvalue weighted by atomic mass is 16.5. The van der Waals surface area contributed by atoms with Crippen LogP contribution < -0.4 is 5.32 Å². The molecule has 3 N–H and O–H groups in total. The van der Waals surface area contributed by atoms with Crippen LogP contribution in [0.4, 0.5) is 5.82 Å². The smallest absolute Gasteiger partial charge is 0.337 e. The first-order valence-corrected chi connectivity index (χ1v) is 5.82. The van der Waals surface area contributed by atoms with E-state index < -0.39 is 11.6 Å². The summed E-state index contributed by atoms with van der Waals surface area (Å²) in [4.78, 5) is 14.6. The maximum absolute atomic E-state index is 10.7. The van der Waals surface area contributed by atoms with E-state index in [1.165, 1.54) is 12.3 Å². The molecule has 6 nitrogen and oxygen atoms in total. The Hall–Kier alpha value is -1.66. The fourth-order valence-electron chi connectivity index (χ4n) is 1.81. The van der Waals surface area contributed by atoms with Gasteiger partial charge in [-0.15, -0.1) is 0 Å². The largest absolute Gasteiger partial charge is 0.478 e. The van der Waals surface area contributed by atoms with Gasteiger partial charge >= 0.3 is 5.97 Å². The molecular weight excluding hydrogens is 236 g/mol. The van der Waals surface area contributed by atoms with Gasteiger partial charge in [0.2, 0.25) is 0 Å². The second kappa shape index (κ2) is 5.32. The molecule has 0 radical (unpaired) electrons. The molecule has 1 fully saturated rings. The number of aromatic carboxylic acids is 1. The predicted molar refractivity (Wildman–Crippen MR) is 64.7 cm³/mol. The number of aromatic nitrogens is 1. The summed E-state index contributed by atoms with van der Waals surface area (Å²) in [5.74, 6) is -0.447. The summed E-state index contributed by atoms with van der Waals surface area (Å²) in [6.45, 7) is 1.50. The van der Waals surface area contributed by atoms with Crippen LogP contribution in [0, 0.1) is 0 Å². The number of nitrogens with one attached hydrogen (secondary N) is 1. The first kappa shape index (κ1) is 12.8. The maximum Gasteiger partial charge on any atom is 0.337 e. The average molecular weight is 252 g/mol. The SMILES string of the molecule is O=C(O)c1ccc(NCC2(O)CCOCC2)nc1. The Labute approximate surface area is 105 Å². The number of hydrogen-bond donors (Lipinski definition) is 3. The lowest BCUT2D eigenvalue weighted by Gasteiger charge is -2.32. The second-order valence-corrected chi connectivity index (χ2v) is 4.43. The van der Waals surface area contributed by atoms with Gasteiger partial charge in [-0.25, -0.2) is 9.78 Å². The minimum atomic E-state index is -1.00. The third kappa shape index (κ3) is 3.18. The summed E-state index contributed by atoms with van der Waals surface area (Å²) in [5.41, 5.74) is -0.629. The van der Waals surface area contributed by atoms with E-state index in [0.717, 1.165) is 0 Å². The highest BCUT2D eigenvalue weighted by Gasteiger charge is 2.29. The first-order chi connectivity index (χ1) is 8.59. The second-order valence-electron chi connectivity index (χ2n) is 4.43. The normalized spacial score (nSPS) is 18.3. The molecule has 0 bridgehead atoms. The zero-order valence-electron chi connectivity index (χ0n) is 9.93. The highest BCUT2D eigenvalue weighted by Crippen LogP contribution is 2.20. The number of ether oxygens (including phenoxy) is 1. The van der Waals surface area contributed by atoms with Gasteiger partial charge in [0.15, 0.2) is 0 Å². The molecule has 1 aromatic heterocycles. The Bertz CT molecular complexity index is 413. The number of pyridine rings is 1. The van der Waals surface area contributed by atoms with E-state index in [1.54, 1.807) is 6.07 Å². The zero-order chi connectivity index (χ0) is 13.0. The summed E-state index contributed by atoms with van der Waals surface area (Å²) < 4.78 is 5.19. The summed E-state index contributed by atoms with van der Waals surface area (Å²) in [6.07, 6.45) is 2.47. The van der Waals surface area contributed by atoms with Gasteiger partial charge in [0.05, 0.1) is 11.2 Å². The van der Waals surface area contributed by atoms with Gasteiger partial charge < -0.3 is 20.3 Å². The zero-order valence-corrected chi connectivity index (χ0v) is 9.93. The first-order valence-electron chi connectivity index (χ1n) is 5.82. The van der Waals surface area contributed by atoms with E-state index in [2.05, 4.69) is 10.3 Å². The van der Waals surface area contributed by atoms with E-state index in [4.69, 9.17) is 9.84 Å². The van der Waals surface area contributed by atoms with Crippen molar-refractivity contribution in [1.29, 1.82) is 0 Å². The number of carboxylic acids is 1. The maximum atomic E-state index is 10.7. The summed E-state index contributed by atoms with van der Waals surface area (Å²) in [6, 6.07) is 3.07. The molecule has 0 unspecified atom stereocenters. The fraction of sp³-hybridized carbons (Fsp3) is 0.500. The van der Waals surface area contributed by atoms with Crippen LogP contribution in [-0.4, -0.2) is 46.5 Å². The van der Waals surface area contributed by atoms with Crippen molar-refractivity contribution in [3.8, 4) is 0 Å². The Balaban J connectivity index is 1.91. The molecule has 98 valence electrons. The minimum absolute atomic E-state index is 0.144.